The summed E-state index contributed by atoms with van der Waals surface area (Å²) in [5.41, 5.74) is 1.51. The number of thiophene rings is 1. The van der Waals surface area contributed by atoms with Crippen LogP contribution in [0.15, 0.2) is 23.6 Å². The van der Waals surface area contributed by atoms with Gasteiger partial charge < -0.3 is 4.90 Å². The Labute approximate surface area is 104 Å². The lowest BCUT2D eigenvalue weighted by Gasteiger charge is -2.10. The van der Waals surface area contributed by atoms with Crippen molar-refractivity contribution in [1.82, 2.24) is 14.7 Å². The Balaban J connectivity index is 2.43. The fourth-order valence-electron chi connectivity index (χ4n) is 1.60. The van der Waals surface area contributed by atoms with E-state index in [9.17, 15) is 4.79 Å². The number of aryl methyl sites for hydroxylation is 1. The molecular weight excluding hydrogens is 234 g/mol. The number of rotatable bonds is 3. The smallest absolute Gasteiger partial charge is 0.271 e. The number of carbonyl (C=O) groups is 1. The van der Waals surface area contributed by atoms with E-state index in [-0.39, 0.29) is 5.91 Å². The largest absolute Gasteiger partial charge is 0.343 e. The number of hydrogen-bond acceptors (Lipinski definition) is 3. The van der Waals surface area contributed by atoms with E-state index in [0.717, 1.165) is 10.6 Å². The number of carbonyl (C=O) groups excluding carboxylic acids is 1. The molecular formula is C12H15N3OS. The second-order valence-corrected chi connectivity index (χ2v) is 4.86. The van der Waals surface area contributed by atoms with Crippen LogP contribution in [-0.2, 0) is 6.54 Å². The molecule has 90 valence electrons. The number of hydrogen-bond donors (Lipinski definition) is 0. The highest BCUT2D eigenvalue weighted by Gasteiger charge is 2.17. The lowest BCUT2D eigenvalue weighted by molar-refractivity contribution is 0.0815. The molecule has 0 bridgehead atoms. The highest BCUT2D eigenvalue weighted by atomic mass is 32.1. The van der Waals surface area contributed by atoms with E-state index < -0.39 is 0 Å². The number of nitrogens with zero attached hydrogens (tertiary/aromatic N) is 3. The molecule has 5 heteroatoms. The third-order valence-electron chi connectivity index (χ3n) is 2.48. The van der Waals surface area contributed by atoms with Crippen molar-refractivity contribution in [2.75, 3.05) is 14.1 Å². The van der Waals surface area contributed by atoms with Gasteiger partial charge in [-0.15, -0.1) is 11.3 Å². The molecule has 0 spiro atoms. The van der Waals surface area contributed by atoms with Crippen LogP contribution in [0, 0.1) is 0 Å². The predicted octanol–water partition coefficient (Wildman–Crippen LogP) is 2.33. The van der Waals surface area contributed by atoms with E-state index in [0.29, 0.717) is 12.2 Å². The summed E-state index contributed by atoms with van der Waals surface area (Å²) in [6, 6.07) is 5.85. The average Bonchev–Trinajstić information content (AvgIpc) is 2.96. The predicted molar refractivity (Wildman–Crippen MR) is 69.2 cm³/mol. The van der Waals surface area contributed by atoms with Crippen molar-refractivity contribution in [2.24, 2.45) is 0 Å². The zero-order chi connectivity index (χ0) is 12.4. The Morgan fingerprint density at radius 3 is 2.82 bits per heavy atom. The van der Waals surface area contributed by atoms with Gasteiger partial charge in [-0.1, -0.05) is 6.07 Å². The molecule has 0 unspecified atom stereocenters. The third kappa shape index (κ3) is 2.24. The van der Waals surface area contributed by atoms with Crippen molar-refractivity contribution in [2.45, 2.75) is 13.5 Å². The normalized spacial score (nSPS) is 10.5. The van der Waals surface area contributed by atoms with Crippen molar-refractivity contribution in [1.29, 1.82) is 0 Å². The Hall–Kier alpha value is -1.62. The highest BCUT2D eigenvalue weighted by molar-refractivity contribution is 7.13. The summed E-state index contributed by atoms with van der Waals surface area (Å²) >= 11 is 1.63. The first-order valence-corrected chi connectivity index (χ1v) is 6.34. The molecule has 4 nitrogen and oxygen atoms in total. The van der Waals surface area contributed by atoms with E-state index in [1.165, 1.54) is 0 Å². The van der Waals surface area contributed by atoms with Crippen molar-refractivity contribution < 1.29 is 4.79 Å². The van der Waals surface area contributed by atoms with Crippen molar-refractivity contribution in [3.63, 3.8) is 0 Å². The van der Waals surface area contributed by atoms with Gasteiger partial charge in [0.1, 0.15) is 11.4 Å². The van der Waals surface area contributed by atoms with Crippen LogP contribution in [0.2, 0.25) is 0 Å². The van der Waals surface area contributed by atoms with Gasteiger partial charge in [-0.05, 0) is 24.4 Å². The van der Waals surface area contributed by atoms with Gasteiger partial charge in [0.25, 0.3) is 5.91 Å². The van der Waals surface area contributed by atoms with Crippen LogP contribution in [-0.4, -0.2) is 34.7 Å². The van der Waals surface area contributed by atoms with Crippen LogP contribution in [0.25, 0.3) is 10.6 Å². The minimum atomic E-state index is -0.0119. The first-order chi connectivity index (χ1) is 8.13. The summed E-state index contributed by atoms with van der Waals surface area (Å²) in [6.07, 6.45) is 0. The van der Waals surface area contributed by atoms with Crippen LogP contribution in [0.3, 0.4) is 0 Å². The molecule has 1 amide bonds. The van der Waals surface area contributed by atoms with Gasteiger partial charge >= 0.3 is 0 Å². The molecule has 0 aromatic carbocycles. The molecule has 2 rings (SSSR count). The Bertz CT molecular complexity index is 514. The van der Waals surface area contributed by atoms with Gasteiger partial charge in [-0.3, -0.25) is 9.48 Å². The van der Waals surface area contributed by atoms with Gasteiger partial charge in [-0.2, -0.15) is 5.10 Å². The third-order valence-corrected chi connectivity index (χ3v) is 3.37. The molecule has 0 fully saturated rings. The van der Waals surface area contributed by atoms with Gasteiger partial charge in [0.15, 0.2) is 0 Å². The van der Waals surface area contributed by atoms with Crippen molar-refractivity contribution in [3.05, 3.63) is 29.3 Å². The van der Waals surface area contributed by atoms with Gasteiger partial charge in [0.2, 0.25) is 0 Å². The zero-order valence-electron chi connectivity index (χ0n) is 10.2. The Morgan fingerprint density at radius 2 is 2.29 bits per heavy atom. The van der Waals surface area contributed by atoms with Crippen molar-refractivity contribution in [3.8, 4) is 10.6 Å². The fourth-order valence-corrected chi connectivity index (χ4v) is 2.29. The SMILES string of the molecule is CCn1nc(-c2cccs2)cc1C(=O)N(C)C. The maximum Gasteiger partial charge on any atom is 0.271 e. The van der Waals surface area contributed by atoms with Gasteiger partial charge in [-0.25, -0.2) is 0 Å². The van der Waals surface area contributed by atoms with E-state index in [4.69, 9.17) is 0 Å². The maximum atomic E-state index is 12.0. The molecule has 17 heavy (non-hydrogen) atoms. The summed E-state index contributed by atoms with van der Waals surface area (Å²) in [7, 11) is 3.50. The topological polar surface area (TPSA) is 38.1 Å². The Kier molecular flexibility index (Phi) is 3.28. The zero-order valence-corrected chi connectivity index (χ0v) is 11.0. The summed E-state index contributed by atoms with van der Waals surface area (Å²) in [4.78, 5) is 14.6. The Morgan fingerprint density at radius 1 is 1.53 bits per heavy atom. The molecule has 0 aliphatic carbocycles. The minimum Gasteiger partial charge on any atom is -0.343 e. The molecule has 0 aliphatic rings. The molecule has 2 heterocycles. The van der Waals surface area contributed by atoms with Gasteiger partial charge in [0.05, 0.1) is 4.88 Å². The van der Waals surface area contributed by atoms with Crippen LogP contribution in [0.4, 0.5) is 0 Å². The summed E-state index contributed by atoms with van der Waals surface area (Å²) in [5, 5.41) is 6.46. The monoisotopic (exact) mass is 249 g/mol. The lowest BCUT2D eigenvalue weighted by Crippen LogP contribution is -2.24. The average molecular weight is 249 g/mol. The number of amides is 1. The lowest BCUT2D eigenvalue weighted by atomic mass is 10.3. The molecule has 0 N–H and O–H groups in total. The first kappa shape index (κ1) is 11.9. The molecule has 2 aromatic rings. The summed E-state index contributed by atoms with van der Waals surface area (Å²) in [5.74, 6) is -0.0119. The van der Waals surface area contributed by atoms with Crippen LogP contribution < -0.4 is 0 Å². The van der Waals surface area contributed by atoms with E-state index in [1.807, 2.05) is 30.5 Å². The van der Waals surface area contributed by atoms with Crippen LogP contribution in [0.1, 0.15) is 17.4 Å². The van der Waals surface area contributed by atoms with Crippen LogP contribution in [0.5, 0.6) is 0 Å². The van der Waals surface area contributed by atoms with E-state index in [2.05, 4.69) is 5.10 Å². The highest BCUT2D eigenvalue weighted by Crippen LogP contribution is 2.24. The minimum absolute atomic E-state index is 0.0119. The second kappa shape index (κ2) is 4.71. The molecule has 0 aliphatic heterocycles. The molecule has 2 aromatic heterocycles. The van der Waals surface area contributed by atoms with Crippen molar-refractivity contribution >= 4 is 17.2 Å². The number of aromatic nitrogens is 2. The van der Waals surface area contributed by atoms with Crippen LogP contribution >= 0.6 is 11.3 Å². The molecule has 0 atom stereocenters. The second-order valence-electron chi connectivity index (χ2n) is 3.91. The quantitative estimate of drug-likeness (QED) is 0.837. The first-order valence-electron chi connectivity index (χ1n) is 5.47. The van der Waals surface area contributed by atoms with E-state index >= 15 is 0 Å². The molecule has 0 saturated heterocycles. The summed E-state index contributed by atoms with van der Waals surface area (Å²) in [6.45, 7) is 2.68. The maximum absolute atomic E-state index is 12.0. The standard InChI is InChI=1S/C12H15N3OS/c1-4-15-10(12(16)14(2)3)8-9(13-15)11-6-5-7-17-11/h5-8H,4H2,1-3H3. The molecule has 0 radical (unpaired) electrons. The fraction of sp³-hybridized carbons (Fsp3) is 0.333. The molecule has 0 saturated carbocycles. The van der Waals surface area contributed by atoms with E-state index in [1.54, 1.807) is 35.0 Å². The van der Waals surface area contributed by atoms with Gasteiger partial charge in [0, 0.05) is 20.6 Å². The summed E-state index contributed by atoms with van der Waals surface area (Å²) < 4.78 is 1.75.